The van der Waals surface area contributed by atoms with Crippen molar-refractivity contribution in [3.05, 3.63) is 84.6 Å². The maximum absolute atomic E-state index is 13.2. The van der Waals surface area contributed by atoms with E-state index < -0.39 is 9.21 Å². The summed E-state index contributed by atoms with van der Waals surface area (Å²) in [4.78, 5) is 6.36. The lowest BCUT2D eigenvalue weighted by Crippen LogP contribution is -2.08. The molecule has 0 bridgehead atoms. The second kappa shape index (κ2) is 12.5. The zero-order valence-corrected chi connectivity index (χ0v) is 23.9. The van der Waals surface area contributed by atoms with Gasteiger partial charge in [0.15, 0.2) is 5.65 Å². The van der Waals surface area contributed by atoms with E-state index >= 15 is 0 Å². The number of hydrogen-bond acceptors (Lipinski definition) is 4. The summed E-state index contributed by atoms with van der Waals surface area (Å²) in [5.41, 5.74) is 3.56. The van der Waals surface area contributed by atoms with Gasteiger partial charge in [-0.2, -0.15) is 22.7 Å². The van der Waals surface area contributed by atoms with Gasteiger partial charge in [0.05, 0.1) is 24.0 Å². The summed E-state index contributed by atoms with van der Waals surface area (Å²) < 4.78 is 14.9. The van der Waals surface area contributed by atoms with Crippen molar-refractivity contribution in [3.63, 3.8) is 0 Å². The molecule has 2 heterocycles. The topological polar surface area (TPSA) is 42.2 Å². The Morgan fingerprint density at radius 2 is 1.74 bits per heavy atom. The second-order valence-electron chi connectivity index (χ2n) is 9.55. The molecule has 1 N–H and O–H groups in total. The molecule has 2 aromatic heterocycles. The van der Waals surface area contributed by atoms with Gasteiger partial charge in [-0.1, -0.05) is 92.2 Å². The van der Waals surface area contributed by atoms with Gasteiger partial charge < -0.3 is 5.32 Å². The summed E-state index contributed by atoms with van der Waals surface area (Å²) in [6.45, 7) is 5.09. The number of hydrogen-bond donors (Lipinski definition) is 1. The maximum Gasteiger partial charge on any atom is 0.174 e. The predicted octanol–water partition coefficient (Wildman–Crippen LogP) is 8.78. The highest BCUT2D eigenvalue weighted by molar-refractivity contribution is 8.27. The Balaban J connectivity index is 0.000000204. The van der Waals surface area contributed by atoms with E-state index in [1.54, 1.807) is 4.52 Å². The molecule has 0 saturated carbocycles. The first-order valence-corrected chi connectivity index (χ1v) is 15.8. The van der Waals surface area contributed by atoms with E-state index in [9.17, 15) is 3.89 Å². The van der Waals surface area contributed by atoms with Crippen LogP contribution in [-0.2, 0) is 0 Å². The molecule has 5 aromatic rings. The number of halogens is 1. The molecule has 0 saturated heterocycles. The van der Waals surface area contributed by atoms with Crippen molar-refractivity contribution < 1.29 is 3.89 Å². The van der Waals surface area contributed by atoms with Gasteiger partial charge in [0.25, 0.3) is 0 Å². The monoisotopic (exact) mass is 546 g/mol. The van der Waals surface area contributed by atoms with E-state index in [4.69, 9.17) is 0 Å². The van der Waals surface area contributed by atoms with E-state index in [0.717, 1.165) is 35.6 Å². The summed E-state index contributed by atoms with van der Waals surface area (Å²) in [6.07, 6.45) is 7.08. The van der Waals surface area contributed by atoms with Gasteiger partial charge in [-0.05, 0) is 42.0 Å². The average molecular weight is 547 g/mol. The zero-order valence-electron chi connectivity index (χ0n) is 22.3. The van der Waals surface area contributed by atoms with Crippen LogP contribution in [0, 0.1) is 6.92 Å². The summed E-state index contributed by atoms with van der Waals surface area (Å²) in [5, 5.41) is 10.3. The van der Waals surface area contributed by atoms with Crippen LogP contribution < -0.4 is 5.32 Å². The molecule has 7 heteroatoms. The average Bonchev–Trinajstić information content (AvgIpc) is 3.34. The number of fused-ring (bicyclic) bond motifs is 2. The number of aryl methyl sites for hydroxylation is 1. The Labute approximate surface area is 230 Å². The number of anilines is 1. The largest absolute Gasteiger partial charge is 0.370 e. The first-order valence-electron chi connectivity index (χ1n) is 12.7. The van der Waals surface area contributed by atoms with E-state index in [2.05, 4.69) is 95.8 Å². The molecule has 3 aromatic carbocycles. The molecule has 0 atom stereocenters. The van der Waals surface area contributed by atoms with Crippen molar-refractivity contribution in [2.24, 2.45) is 0 Å². The Morgan fingerprint density at radius 3 is 2.47 bits per heavy atom. The first-order chi connectivity index (χ1) is 18.3. The number of aromatic nitrogens is 3. The van der Waals surface area contributed by atoms with Crippen molar-refractivity contribution in [3.8, 4) is 11.3 Å². The second-order valence-corrected chi connectivity index (χ2v) is 13.1. The number of benzene rings is 3. The fraction of sp³-hybridized carbons (Fsp3) is 0.226. The van der Waals surface area contributed by atoms with Crippen LogP contribution in [0.4, 0.5) is 9.70 Å². The Bertz CT molecular complexity index is 1640. The highest BCUT2D eigenvalue weighted by Crippen LogP contribution is 2.34. The van der Waals surface area contributed by atoms with Crippen molar-refractivity contribution in [2.75, 3.05) is 18.1 Å². The van der Waals surface area contributed by atoms with Crippen LogP contribution in [0.5, 0.6) is 0 Å². The fourth-order valence-electron chi connectivity index (χ4n) is 4.34. The highest BCUT2D eigenvalue weighted by atomic mass is 32.2. The van der Waals surface area contributed by atoms with Gasteiger partial charge in [0.1, 0.15) is 10.7 Å². The van der Waals surface area contributed by atoms with Crippen molar-refractivity contribution in [1.82, 2.24) is 14.6 Å². The predicted molar refractivity (Wildman–Crippen MR) is 168 cm³/mol. The maximum atomic E-state index is 13.2. The van der Waals surface area contributed by atoms with E-state index in [-0.39, 0.29) is 12.1 Å². The van der Waals surface area contributed by atoms with Crippen LogP contribution in [-0.4, -0.2) is 39.1 Å². The van der Waals surface area contributed by atoms with E-state index in [1.807, 2.05) is 24.3 Å². The Morgan fingerprint density at radius 1 is 1.00 bits per heavy atom. The lowest BCUT2D eigenvalue weighted by molar-refractivity contribution is 0.739. The molecule has 0 radical (unpaired) electrons. The molecule has 0 spiro atoms. The summed E-state index contributed by atoms with van der Waals surface area (Å²) in [7, 11) is -1.13. The Hall–Kier alpha value is -3.29. The summed E-state index contributed by atoms with van der Waals surface area (Å²) in [5.74, 6) is 9.17. The lowest BCUT2D eigenvalue weighted by atomic mass is 10.1. The van der Waals surface area contributed by atoms with Crippen LogP contribution in [0.3, 0.4) is 0 Å². The smallest absolute Gasteiger partial charge is 0.174 e. The van der Waals surface area contributed by atoms with E-state index in [1.165, 1.54) is 34.7 Å². The highest BCUT2D eigenvalue weighted by Gasteiger charge is 2.14. The van der Waals surface area contributed by atoms with Gasteiger partial charge in [0.2, 0.25) is 0 Å². The van der Waals surface area contributed by atoms with E-state index in [0.29, 0.717) is 10.5 Å². The number of nitrogens with zero attached hydrogens (tertiary/aromatic N) is 3. The molecule has 0 fully saturated rings. The Kier molecular flexibility index (Phi) is 9.13. The number of unbranched alkanes of at least 4 members (excludes halogenated alkanes) is 2. The first kappa shape index (κ1) is 27.7. The number of rotatable bonds is 8. The lowest BCUT2D eigenvalue weighted by Gasteiger charge is -2.12. The van der Waals surface area contributed by atoms with Crippen LogP contribution in [0.25, 0.3) is 27.7 Å². The minimum atomic E-state index is -1.13. The van der Waals surface area contributed by atoms with Crippen molar-refractivity contribution in [2.45, 2.75) is 42.9 Å². The zero-order chi connectivity index (χ0) is 27.1. The standard InChI is InChI=1S/C18H21FN4S.C13H14S/c1-3-4-7-10-20-17-11-15(14-9-6-5-8-13(14)2)22-18-16(24-19)12-21-23(17)18;1-14(2,3)13-10-6-8-11-7-4-5-9-12(11)13/h5-6,8-9,11-12,20H,3-4,7,10H2,1-2H3;4-10H,1-2H2,3H3. The SMILES string of the molecule is C=S(=C)(C)c1cccc2ccccc12.CCCCCNc1cc(-c2ccccc2C)nc2c(SF)cnn12. The normalized spacial score (nSPS) is 11.4. The minimum Gasteiger partial charge on any atom is -0.370 e. The van der Waals surface area contributed by atoms with Crippen LogP contribution in [0.1, 0.15) is 31.7 Å². The molecule has 5 rings (SSSR count). The van der Waals surface area contributed by atoms with Gasteiger partial charge in [-0.25, -0.2) is 4.98 Å². The minimum absolute atomic E-state index is 0.180. The van der Waals surface area contributed by atoms with Gasteiger partial charge >= 0.3 is 0 Å². The van der Waals surface area contributed by atoms with Crippen molar-refractivity contribution in [1.29, 1.82) is 0 Å². The van der Waals surface area contributed by atoms with Crippen LogP contribution in [0.2, 0.25) is 0 Å². The molecule has 38 heavy (non-hydrogen) atoms. The molecule has 0 unspecified atom stereocenters. The third-order valence-electron chi connectivity index (χ3n) is 6.31. The quantitative estimate of drug-likeness (QED) is 0.156. The van der Waals surface area contributed by atoms with Crippen molar-refractivity contribution >= 4 is 55.3 Å². The van der Waals surface area contributed by atoms with Gasteiger partial charge in [0, 0.05) is 23.1 Å². The number of nitrogens with one attached hydrogen (secondary N) is 1. The molecule has 4 nitrogen and oxygen atoms in total. The molecular weight excluding hydrogens is 512 g/mol. The molecular formula is C31H35FN4S2. The molecule has 0 aliphatic rings. The summed E-state index contributed by atoms with van der Waals surface area (Å²) >= 11 is 0.180. The van der Waals surface area contributed by atoms with Crippen LogP contribution in [0.15, 0.2) is 88.8 Å². The molecule has 0 aliphatic heterocycles. The molecule has 198 valence electrons. The fourth-order valence-corrected chi connectivity index (χ4v) is 5.75. The van der Waals surface area contributed by atoms with Gasteiger partial charge in [-0.3, -0.25) is 0 Å². The third kappa shape index (κ3) is 6.40. The third-order valence-corrected chi connectivity index (χ3v) is 8.18. The molecule has 0 aliphatic carbocycles. The molecule has 0 amide bonds. The van der Waals surface area contributed by atoms with Gasteiger partial charge in [-0.15, -0.1) is 0 Å². The van der Waals surface area contributed by atoms with Crippen LogP contribution >= 0.6 is 21.4 Å². The summed E-state index contributed by atoms with van der Waals surface area (Å²) in [6, 6.07) is 24.8.